The van der Waals surface area contributed by atoms with Crippen molar-refractivity contribution in [3.8, 4) is 0 Å². The van der Waals surface area contributed by atoms with Gasteiger partial charge in [-0.3, -0.25) is 0 Å². The molecule has 2 aromatic rings. The third-order valence-corrected chi connectivity index (χ3v) is 9.24. The molecule has 41 heavy (non-hydrogen) atoms. The summed E-state index contributed by atoms with van der Waals surface area (Å²) < 4.78 is 47.4. The summed E-state index contributed by atoms with van der Waals surface area (Å²) in [4.78, 5) is 12.5. The van der Waals surface area contributed by atoms with Gasteiger partial charge in [-0.1, -0.05) is 30.8 Å². The van der Waals surface area contributed by atoms with Gasteiger partial charge in [0.05, 0.1) is 23.8 Å². The number of hydrogen-bond donors (Lipinski definition) is 0. The molecule has 0 N–H and O–H groups in total. The second-order valence-corrected chi connectivity index (χ2v) is 11.9. The molecule has 1 saturated carbocycles. The zero-order valence-corrected chi connectivity index (χ0v) is 23.5. The normalized spacial score (nSPS) is 23.7. The maximum atomic E-state index is 13.8. The average Bonchev–Trinajstić information content (AvgIpc) is 3.39. The highest BCUT2D eigenvalue weighted by atomic mass is 19.4. The highest BCUT2D eigenvalue weighted by Crippen LogP contribution is 2.53. The zero-order chi connectivity index (χ0) is 29.2. The maximum absolute atomic E-state index is 13.8. The number of piperidine rings is 1. The lowest BCUT2D eigenvalue weighted by molar-refractivity contribution is -0.137. The lowest BCUT2D eigenvalue weighted by Gasteiger charge is -2.46. The van der Waals surface area contributed by atoms with E-state index in [1.807, 2.05) is 24.3 Å². The molecule has 5 nitrogen and oxygen atoms in total. The number of anilines is 1. The van der Waals surface area contributed by atoms with Gasteiger partial charge in [-0.15, -0.1) is 0 Å². The first-order valence-corrected chi connectivity index (χ1v) is 14.5. The molecule has 5 rings (SSSR count). The summed E-state index contributed by atoms with van der Waals surface area (Å²) >= 11 is 0. The molecule has 3 aliphatic rings. The van der Waals surface area contributed by atoms with Gasteiger partial charge in [0.1, 0.15) is 6.10 Å². The molecule has 0 radical (unpaired) electrons. The molecule has 0 spiro atoms. The van der Waals surface area contributed by atoms with E-state index in [4.69, 9.17) is 17.9 Å². The minimum absolute atomic E-state index is 0.0575. The van der Waals surface area contributed by atoms with Crippen molar-refractivity contribution < 1.29 is 17.9 Å². The molecule has 0 amide bonds. The van der Waals surface area contributed by atoms with Crippen LogP contribution in [0.4, 0.5) is 24.5 Å². The Kier molecular flexibility index (Phi) is 8.34. The number of likely N-dealkylation sites (tertiary alicyclic amines) is 1. The van der Waals surface area contributed by atoms with E-state index in [2.05, 4.69) is 26.1 Å². The molecule has 3 fully saturated rings. The summed E-state index contributed by atoms with van der Waals surface area (Å²) in [5.74, 6) is 0.880. The van der Waals surface area contributed by atoms with Gasteiger partial charge in [-0.25, -0.2) is 11.4 Å². The number of halogens is 3. The number of ether oxygens (including phenoxy) is 1. The number of alkyl halides is 3. The Morgan fingerprint density at radius 1 is 1.00 bits per heavy atom. The Bertz CT molecular complexity index is 1310. The molecular weight excluding hydrogens is 525 g/mol. The molecule has 0 aromatic heterocycles. The highest BCUT2D eigenvalue weighted by Gasteiger charge is 2.59. The van der Waals surface area contributed by atoms with E-state index in [9.17, 15) is 13.2 Å². The summed E-state index contributed by atoms with van der Waals surface area (Å²) in [6.45, 7) is 25.9. The predicted molar refractivity (Wildman–Crippen MR) is 154 cm³/mol. The molecule has 2 saturated heterocycles. The van der Waals surface area contributed by atoms with Crippen molar-refractivity contribution in [1.82, 2.24) is 4.90 Å². The molecule has 3 atom stereocenters. The van der Waals surface area contributed by atoms with Gasteiger partial charge < -0.3 is 19.4 Å². The lowest BCUT2D eigenvalue weighted by Crippen LogP contribution is -2.54. The first kappa shape index (κ1) is 29.0. The van der Waals surface area contributed by atoms with Crippen LogP contribution in [0.15, 0.2) is 60.9 Å². The smallest absolute Gasteiger partial charge is 0.416 e. The van der Waals surface area contributed by atoms with Crippen LogP contribution in [-0.2, 0) is 16.5 Å². The van der Waals surface area contributed by atoms with Crippen molar-refractivity contribution in [2.75, 3.05) is 37.6 Å². The molecular formula is C33H37F3N4O. The van der Waals surface area contributed by atoms with Crippen molar-refractivity contribution in [2.45, 2.75) is 56.8 Å². The number of allylic oxidation sites excluding steroid dienone is 1. The van der Waals surface area contributed by atoms with E-state index in [0.29, 0.717) is 22.9 Å². The molecule has 8 heteroatoms. The summed E-state index contributed by atoms with van der Waals surface area (Å²) in [5, 5.41) is 0. The lowest BCUT2D eigenvalue weighted by atomic mass is 9.65. The Labute approximate surface area is 241 Å². The third-order valence-electron chi connectivity index (χ3n) is 9.24. The SMILES string of the molecule is [C-]#[N+]c1ccc(N2CC(CN3CCC(C([N+]#[C-])(c4cccc(C(F)(F)F)c4)[C@H]4CCC[C@@H]4OC(=C)C)CC3)C2)cc1. The Morgan fingerprint density at radius 2 is 1.68 bits per heavy atom. The van der Waals surface area contributed by atoms with E-state index in [1.165, 1.54) is 12.1 Å². The molecule has 216 valence electrons. The van der Waals surface area contributed by atoms with E-state index >= 15 is 0 Å². The number of hydrogen-bond acceptors (Lipinski definition) is 3. The first-order chi connectivity index (χ1) is 19.6. The van der Waals surface area contributed by atoms with Gasteiger partial charge in [0.2, 0.25) is 0 Å². The monoisotopic (exact) mass is 562 g/mol. The fourth-order valence-electron chi connectivity index (χ4n) is 7.32. The van der Waals surface area contributed by atoms with Crippen LogP contribution in [0.1, 0.15) is 50.2 Å². The van der Waals surface area contributed by atoms with Gasteiger partial charge in [-0.05, 0) is 76.4 Å². The summed E-state index contributed by atoms with van der Waals surface area (Å²) in [6, 6.07) is 13.2. The van der Waals surface area contributed by atoms with E-state index < -0.39 is 17.3 Å². The minimum atomic E-state index is -4.47. The van der Waals surface area contributed by atoms with Crippen molar-refractivity contribution in [3.05, 3.63) is 94.8 Å². The first-order valence-electron chi connectivity index (χ1n) is 14.5. The summed E-state index contributed by atoms with van der Waals surface area (Å²) in [5.41, 5.74) is 0.480. The second kappa shape index (κ2) is 11.8. The molecule has 2 aliphatic heterocycles. The minimum Gasteiger partial charge on any atom is -0.495 e. The van der Waals surface area contributed by atoms with E-state index in [1.54, 1.807) is 13.0 Å². The number of benzene rings is 2. The van der Waals surface area contributed by atoms with Crippen LogP contribution in [0.3, 0.4) is 0 Å². The van der Waals surface area contributed by atoms with E-state index in [0.717, 1.165) is 76.6 Å². The Hall–Kier alpha value is -3.49. The van der Waals surface area contributed by atoms with Crippen LogP contribution in [0, 0.1) is 30.9 Å². The largest absolute Gasteiger partial charge is 0.495 e. The average molecular weight is 563 g/mol. The Morgan fingerprint density at radius 3 is 2.29 bits per heavy atom. The van der Waals surface area contributed by atoms with Gasteiger partial charge in [0, 0.05) is 42.7 Å². The van der Waals surface area contributed by atoms with Crippen molar-refractivity contribution in [3.63, 3.8) is 0 Å². The Balaban J connectivity index is 1.30. The number of nitrogens with zero attached hydrogens (tertiary/aromatic N) is 4. The van der Waals surface area contributed by atoms with Gasteiger partial charge in [0.15, 0.2) is 5.69 Å². The molecule has 1 unspecified atom stereocenters. The van der Waals surface area contributed by atoms with Crippen LogP contribution in [0.5, 0.6) is 0 Å². The van der Waals surface area contributed by atoms with Gasteiger partial charge in [-0.2, -0.15) is 13.2 Å². The van der Waals surface area contributed by atoms with Crippen molar-refractivity contribution in [2.24, 2.45) is 17.8 Å². The van der Waals surface area contributed by atoms with Crippen LogP contribution in [0.2, 0.25) is 0 Å². The van der Waals surface area contributed by atoms with E-state index in [-0.39, 0.29) is 17.9 Å². The van der Waals surface area contributed by atoms with Crippen LogP contribution >= 0.6 is 0 Å². The highest BCUT2D eigenvalue weighted by molar-refractivity contribution is 5.56. The van der Waals surface area contributed by atoms with Crippen molar-refractivity contribution in [1.29, 1.82) is 0 Å². The van der Waals surface area contributed by atoms with Crippen molar-refractivity contribution >= 4 is 11.4 Å². The summed E-state index contributed by atoms with van der Waals surface area (Å²) in [6.07, 6.45) is -0.731. The molecule has 2 heterocycles. The fourth-order valence-corrected chi connectivity index (χ4v) is 7.32. The summed E-state index contributed by atoms with van der Waals surface area (Å²) in [7, 11) is 0. The number of rotatable bonds is 8. The van der Waals surface area contributed by atoms with Crippen LogP contribution < -0.4 is 4.90 Å². The van der Waals surface area contributed by atoms with Crippen LogP contribution in [0.25, 0.3) is 9.69 Å². The maximum Gasteiger partial charge on any atom is 0.416 e. The van der Waals surface area contributed by atoms with Gasteiger partial charge >= 0.3 is 6.18 Å². The zero-order valence-electron chi connectivity index (χ0n) is 23.5. The molecule has 1 aliphatic carbocycles. The quantitative estimate of drug-likeness (QED) is 0.241. The third kappa shape index (κ3) is 5.95. The van der Waals surface area contributed by atoms with Crippen LogP contribution in [-0.4, -0.2) is 43.7 Å². The second-order valence-electron chi connectivity index (χ2n) is 11.9. The topological polar surface area (TPSA) is 24.4 Å². The standard InChI is InChI=1S/C33H37F3N4O/c1-23(2)41-31-10-6-9-30(31)32(38-4,26-7-5-8-27(19-26)33(34,35)36)25-15-17-39(18-16-25)20-24-21-40(22-24)29-13-11-28(37-3)12-14-29/h5,7-8,11-14,19,24-25,30-31H,1,6,9-10,15-18,20-22H2,2H3/t30-,31-,32?/m0/s1. The fraction of sp³-hybridized carbons (Fsp3) is 0.515. The predicted octanol–water partition coefficient (Wildman–Crippen LogP) is 7.94. The van der Waals surface area contributed by atoms with Gasteiger partial charge in [0.25, 0.3) is 5.54 Å². The molecule has 0 bridgehead atoms. The molecule has 2 aromatic carbocycles.